The molecule has 0 bridgehead atoms. The van der Waals surface area contributed by atoms with Crippen LogP contribution in [0.25, 0.3) is 22.1 Å². The maximum atomic E-state index is 14.1. The van der Waals surface area contributed by atoms with Crippen LogP contribution in [0.4, 0.5) is 23.5 Å². The first-order chi connectivity index (χ1) is 34.1. The number of benzene rings is 3. The van der Waals surface area contributed by atoms with Crippen LogP contribution in [0.1, 0.15) is 58.9 Å². The monoisotopic (exact) mass is 1000 g/mol. The predicted octanol–water partition coefficient (Wildman–Crippen LogP) is 7.65. The number of nitrogens with two attached hydrogens (primary N) is 1. The molecule has 5 N–H and O–H groups in total. The van der Waals surface area contributed by atoms with E-state index in [2.05, 4.69) is 36.1 Å². The fourth-order valence-corrected chi connectivity index (χ4v) is 8.08. The van der Waals surface area contributed by atoms with Crippen molar-refractivity contribution < 1.29 is 40.7 Å². The fourth-order valence-electron chi connectivity index (χ4n) is 7.09. The highest BCUT2D eigenvalue weighted by molar-refractivity contribution is 7.84. The highest BCUT2D eigenvalue weighted by atomic mass is 32.2. The Bertz CT molecular complexity index is 3080. The van der Waals surface area contributed by atoms with Crippen molar-refractivity contribution in [2.45, 2.75) is 88.5 Å². The summed E-state index contributed by atoms with van der Waals surface area (Å²) in [4.78, 5) is 43.6. The van der Waals surface area contributed by atoms with Crippen molar-refractivity contribution >= 4 is 38.8 Å². The molecular weight excluding hydrogens is 949 g/mol. The summed E-state index contributed by atoms with van der Waals surface area (Å²) in [6.45, 7) is 10.4. The number of ether oxygens (including phenoxy) is 4. The number of pyridine rings is 2. The van der Waals surface area contributed by atoms with Crippen LogP contribution >= 0.6 is 0 Å². The van der Waals surface area contributed by atoms with Crippen molar-refractivity contribution in [2.24, 2.45) is 5.73 Å². The van der Waals surface area contributed by atoms with Gasteiger partial charge in [-0.15, -0.1) is 0 Å². The zero-order valence-electron chi connectivity index (χ0n) is 39.4. The van der Waals surface area contributed by atoms with Crippen molar-refractivity contribution in [3.63, 3.8) is 0 Å². The highest BCUT2D eigenvalue weighted by Crippen LogP contribution is 2.27. The molecule has 0 saturated carbocycles. The van der Waals surface area contributed by atoms with Crippen molar-refractivity contribution in [3.8, 4) is 23.0 Å². The maximum Gasteiger partial charge on any atom is 0.313 e. The second kappa shape index (κ2) is 24.2. The van der Waals surface area contributed by atoms with E-state index in [1.54, 1.807) is 6.20 Å². The van der Waals surface area contributed by atoms with Gasteiger partial charge in [0.15, 0.2) is 45.9 Å². The SMILES string of the molecule is CC(C)Nn1c(=O)c(Oc2ccc(F)cc2F)cc2cnc(NC3CCOCC3)nc21.CC(C)Nn1c(=O)c(Oc2ccc(F)cc2F)cc2cnc(S(=O)Cc3ccccc3)nc21.NC1CCOCC1. The van der Waals surface area contributed by atoms with Gasteiger partial charge in [0.05, 0.1) is 16.6 Å². The summed E-state index contributed by atoms with van der Waals surface area (Å²) in [5.41, 5.74) is 11.8. The molecule has 0 amide bonds. The summed E-state index contributed by atoms with van der Waals surface area (Å²) in [7, 11) is -1.54. The lowest BCUT2D eigenvalue weighted by molar-refractivity contribution is 0.0866. The van der Waals surface area contributed by atoms with Gasteiger partial charge in [-0.2, -0.15) is 4.98 Å². The molecule has 2 saturated heterocycles. The van der Waals surface area contributed by atoms with Crippen LogP contribution in [0.15, 0.2) is 106 Å². The molecule has 0 aliphatic carbocycles. The largest absolute Gasteiger partial charge is 0.448 e. The number of rotatable bonds is 13. The van der Waals surface area contributed by atoms with E-state index in [1.165, 1.54) is 23.0 Å². The molecule has 7 aromatic rings. The predicted molar refractivity (Wildman–Crippen MR) is 261 cm³/mol. The van der Waals surface area contributed by atoms with Gasteiger partial charge in [0.1, 0.15) is 11.6 Å². The summed E-state index contributed by atoms with van der Waals surface area (Å²) in [6, 6.07) is 18.1. The van der Waals surface area contributed by atoms with Crippen molar-refractivity contribution in [2.75, 3.05) is 42.6 Å². The molecule has 22 heteroatoms. The third-order valence-corrected chi connectivity index (χ3v) is 11.8. The summed E-state index contributed by atoms with van der Waals surface area (Å²) in [5.74, 6) is -3.63. The first-order valence-electron chi connectivity index (χ1n) is 22.9. The van der Waals surface area contributed by atoms with E-state index in [1.807, 2.05) is 58.0 Å². The average Bonchev–Trinajstić information content (AvgIpc) is 3.34. The molecule has 71 heavy (non-hydrogen) atoms. The van der Waals surface area contributed by atoms with E-state index in [9.17, 15) is 31.4 Å². The van der Waals surface area contributed by atoms with Gasteiger partial charge < -0.3 is 40.8 Å². The summed E-state index contributed by atoms with van der Waals surface area (Å²) >= 11 is 0. The molecule has 0 spiro atoms. The zero-order chi connectivity index (χ0) is 50.6. The molecule has 17 nitrogen and oxygen atoms in total. The number of halogens is 4. The van der Waals surface area contributed by atoms with Gasteiger partial charge in [-0.25, -0.2) is 41.9 Å². The second-order valence-electron chi connectivity index (χ2n) is 17.1. The molecule has 6 heterocycles. The molecule has 2 aliphatic heterocycles. The molecule has 3 aromatic carbocycles. The Balaban J connectivity index is 0.000000184. The molecular formula is C49H54F4N10O7S. The second-order valence-corrected chi connectivity index (χ2v) is 18.4. The van der Waals surface area contributed by atoms with Crippen LogP contribution < -0.4 is 42.5 Å². The first kappa shape index (κ1) is 51.8. The number of anilines is 1. The molecule has 376 valence electrons. The fraction of sp³-hybridized carbons (Fsp3) is 0.347. The Morgan fingerprint density at radius 3 is 1.65 bits per heavy atom. The summed E-state index contributed by atoms with van der Waals surface area (Å²) in [6.07, 6.45) is 6.76. The van der Waals surface area contributed by atoms with Gasteiger partial charge in [0.25, 0.3) is 0 Å². The number of nitrogens with zero attached hydrogens (tertiary/aromatic N) is 6. The van der Waals surface area contributed by atoms with E-state index >= 15 is 0 Å². The van der Waals surface area contributed by atoms with Crippen molar-refractivity contribution in [3.05, 3.63) is 141 Å². The average molecular weight is 1000 g/mol. The van der Waals surface area contributed by atoms with E-state index in [-0.39, 0.29) is 57.7 Å². The van der Waals surface area contributed by atoms with Gasteiger partial charge >= 0.3 is 11.1 Å². The van der Waals surface area contributed by atoms with Gasteiger partial charge in [0, 0.05) is 85.9 Å². The maximum absolute atomic E-state index is 14.1. The normalized spacial score (nSPS) is 14.6. The lowest BCUT2D eigenvalue weighted by Gasteiger charge is -2.23. The first-order valence-corrected chi connectivity index (χ1v) is 24.2. The van der Waals surface area contributed by atoms with Gasteiger partial charge in [-0.1, -0.05) is 30.3 Å². The number of hydrogen-bond donors (Lipinski definition) is 4. The Kier molecular flexibility index (Phi) is 17.7. The Morgan fingerprint density at radius 2 is 1.17 bits per heavy atom. The van der Waals surface area contributed by atoms with E-state index in [0.717, 1.165) is 73.4 Å². The van der Waals surface area contributed by atoms with Gasteiger partial charge in [0.2, 0.25) is 11.1 Å². The lowest BCUT2D eigenvalue weighted by atomic mass is 10.1. The molecule has 9 rings (SSSR count). The number of hydrogen-bond acceptors (Lipinski definition) is 15. The Labute approximate surface area is 408 Å². The van der Waals surface area contributed by atoms with E-state index in [4.69, 9.17) is 24.7 Å². The minimum Gasteiger partial charge on any atom is -0.448 e. The molecule has 4 aromatic heterocycles. The standard InChI is InChI=1S/C23H20F2N4O3S.C21H23F2N5O3.C5H11NO/c1-14(2)28-29-21-16(10-20(22(29)30)32-19-9-8-17(24)11-18(19)25)12-26-23(27-21)33(31)13-15-6-4-3-5-7-15;1-12(2)27-28-19-13(11-24-21(26-19)25-15-5-7-30-8-6-15)9-18(20(28)29)31-17-4-3-14(22)10-16(17)23;6-5-1-3-7-4-2-5/h3-12,14,28H,13H2,1-2H3;3-4,9-12,15,27H,5-8H2,1-2H3,(H,24,25,26);5H,1-4,6H2. The quantitative estimate of drug-likeness (QED) is 0.0646. The number of nitrogens with one attached hydrogen (secondary N) is 3. The van der Waals surface area contributed by atoms with Gasteiger partial charge in [-0.3, -0.25) is 13.8 Å². The highest BCUT2D eigenvalue weighted by Gasteiger charge is 2.21. The summed E-state index contributed by atoms with van der Waals surface area (Å²) in [5, 5.41) is 4.27. The minimum absolute atomic E-state index is 0.0725. The van der Waals surface area contributed by atoms with Gasteiger partial charge in [-0.05, 0) is 95.3 Å². The molecule has 1 atom stereocenters. The van der Waals surface area contributed by atoms with Crippen molar-refractivity contribution in [1.29, 1.82) is 0 Å². The Morgan fingerprint density at radius 1 is 0.676 bits per heavy atom. The van der Waals surface area contributed by atoms with Crippen LogP contribution in [-0.2, 0) is 26.0 Å². The Hall–Kier alpha value is -7.01. The third kappa shape index (κ3) is 14.1. The van der Waals surface area contributed by atoms with E-state index in [0.29, 0.717) is 53.8 Å². The number of fused-ring (bicyclic) bond motifs is 2. The van der Waals surface area contributed by atoms with E-state index < -0.39 is 45.2 Å². The summed E-state index contributed by atoms with van der Waals surface area (Å²) < 4.78 is 91.1. The minimum atomic E-state index is -1.54. The van der Waals surface area contributed by atoms with Crippen LogP contribution in [0.5, 0.6) is 23.0 Å². The van der Waals surface area contributed by atoms with Crippen LogP contribution in [0, 0.1) is 23.3 Å². The topological polar surface area (TPSA) is 212 Å². The molecule has 2 fully saturated rings. The van der Waals surface area contributed by atoms with Crippen LogP contribution in [-0.4, -0.2) is 84.1 Å². The third-order valence-electron chi connectivity index (χ3n) is 10.6. The zero-order valence-corrected chi connectivity index (χ0v) is 40.2. The smallest absolute Gasteiger partial charge is 0.313 e. The number of aromatic nitrogens is 6. The van der Waals surface area contributed by atoms with Crippen LogP contribution in [0.2, 0.25) is 0 Å². The molecule has 1 unspecified atom stereocenters. The molecule has 0 radical (unpaired) electrons. The van der Waals surface area contributed by atoms with Crippen LogP contribution in [0.3, 0.4) is 0 Å². The molecule has 2 aliphatic rings. The van der Waals surface area contributed by atoms with Crippen molar-refractivity contribution in [1.82, 2.24) is 29.3 Å². The lowest BCUT2D eigenvalue weighted by Crippen LogP contribution is -2.34.